The third-order valence-electron chi connectivity index (χ3n) is 5.36. The van der Waals surface area contributed by atoms with Crippen molar-refractivity contribution in [3.63, 3.8) is 0 Å². The molecule has 1 aromatic heterocycles. The second kappa shape index (κ2) is 4.61. The summed E-state index contributed by atoms with van der Waals surface area (Å²) < 4.78 is 0. The normalized spacial score (nSPS) is 12.0. The number of nitrogens with one attached hydrogen (secondary N) is 1. The number of H-pyrrole nitrogens is 1. The fraction of sp³-hybridized carbons (Fsp3) is 0. The zero-order valence-electron chi connectivity index (χ0n) is 13.6. The van der Waals surface area contributed by atoms with E-state index in [9.17, 15) is 0 Å². The van der Waals surface area contributed by atoms with Crippen molar-refractivity contribution in [2.24, 2.45) is 0 Å². The Balaban J connectivity index is 1.85. The van der Waals surface area contributed by atoms with E-state index < -0.39 is 0 Å². The van der Waals surface area contributed by atoms with Gasteiger partial charge in [0, 0.05) is 21.7 Å². The minimum absolute atomic E-state index is 1.20. The molecule has 0 aliphatic rings. The Morgan fingerprint density at radius 1 is 0.440 bits per heavy atom. The lowest BCUT2D eigenvalue weighted by Gasteiger charge is -2.04. The molecule has 0 radical (unpaired) electrons. The largest absolute Gasteiger partial charge is 0.354 e. The first kappa shape index (κ1) is 13.0. The lowest BCUT2D eigenvalue weighted by molar-refractivity contribution is 1.57. The van der Waals surface area contributed by atoms with Crippen molar-refractivity contribution in [1.82, 2.24) is 4.98 Å². The molecule has 0 amide bonds. The molecular weight excluding hydrogens is 302 g/mol. The minimum Gasteiger partial charge on any atom is -0.354 e. The van der Waals surface area contributed by atoms with Crippen LogP contribution in [0.1, 0.15) is 0 Å². The van der Waals surface area contributed by atoms with Crippen LogP contribution in [0, 0.1) is 0 Å². The molecule has 116 valence electrons. The summed E-state index contributed by atoms with van der Waals surface area (Å²) in [5, 5.41) is 10.4. The van der Waals surface area contributed by atoms with Crippen LogP contribution in [-0.4, -0.2) is 4.98 Å². The molecule has 6 aromatic rings. The lowest BCUT2D eigenvalue weighted by atomic mass is 9.99. The molecule has 0 fully saturated rings. The van der Waals surface area contributed by atoms with E-state index in [-0.39, 0.29) is 0 Å². The Hall–Kier alpha value is -3.32. The first-order valence-electron chi connectivity index (χ1n) is 8.63. The van der Waals surface area contributed by atoms with Gasteiger partial charge in [-0.2, -0.15) is 0 Å². The van der Waals surface area contributed by atoms with E-state index in [2.05, 4.69) is 89.9 Å². The molecule has 25 heavy (non-hydrogen) atoms. The molecule has 0 aliphatic heterocycles. The Labute approximate surface area is 144 Å². The molecule has 0 saturated heterocycles. The van der Waals surface area contributed by atoms with Gasteiger partial charge in [-0.15, -0.1) is 0 Å². The van der Waals surface area contributed by atoms with Crippen LogP contribution in [0.2, 0.25) is 0 Å². The van der Waals surface area contributed by atoms with E-state index >= 15 is 0 Å². The number of aromatic nitrogens is 1. The quantitative estimate of drug-likeness (QED) is 0.297. The van der Waals surface area contributed by atoms with Crippen molar-refractivity contribution < 1.29 is 0 Å². The van der Waals surface area contributed by atoms with Gasteiger partial charge in [-0.3, -0.25) is 0 Å². The average Bonchev–Trinajstić information content (AvgIpc) is 3.04. The second-order valence-corrected chi connectivity index (χ2v) is 6.74. The summed E-state index contributed by atoms with van der Waals surface area (Å²) in [6.45, 7) is 0. The van der Waals surface area contributed by atoms with Crippen LogP contribution in [0.15, 0.2) is 84.9 Å². The topological polar surface area (TPSA) is 15.8 Å². The van der Waals surface area contributed by atoms with Crippen molar-refractivity contribution >= 4 is 54.1 Å². The van der Waals surface area contributed by atoms with Crippen LogP contribution in [-0.2, 0) is 0 Å². The van der Waals surface area contributed by atoms with E-state index in [4.69, 9.17) is 0 Å². The molecule has 1 nitrogen and oxygen atoms in total. The molecule has 1 heterocycles. The molecule has 1 N–H and O–H groups in total. The van der Waals surface area contributed by atoms with Gasteiger partial charge in [0.15, 0.2) is 0 Å². The molecule has 0 atom stereocenters. The lowest BCUT2D eigenvalue weighted by Crippen LogP contribution is -1.78. The SMILES string of the molecule is c1ccc2c(c1)ccc1cc3[nH]c4c5ccccc5ccc4c3cc12. The van der Waals surface area contributed by atoms with Gasteiger partial charge in [-0.25, -0.2) is 0 Å². The Kier molecular flexibility index (Phi) is 2.40. The van der Waals surface area contributed by atoms with Crippen LogP contribution < -0.4 is 0 Å². The van der Waals surface area contributed by atoms with Crippen LogP contribution in [0.4, 0.5) is 0 Å². The fourth-order valence-corrected chi connectivity index (χ4v) is 4.15. The molecule has 0 bridgehead atoms. The number of rotatable bonds is 0. The Morgan fingerprint density at radius 2 is 1.12 bits per heavy atom. The molecule has 1 heteroatoms. The van der Waals surface area contributed by atoms with E-state index in [1.165, 1.54) is 54.1 Å². The van der Waals surface area contributed by atoms with Crippen molar-refractivity contribution in [3.8, 4) is 0 Å². The summed E-state index contributed by atoms with van der Waals surface area (Å²) in [6, 6.07) is 30.7. The zero-order valence-corrected chi connectivity index (χ0v) is 13.6. The van der Waals surface area contributed by atoms with Gasteiger partial charge in [-0.1, -0.05) is 72.8 Å². The zero-order chi connectivity index (χ0) is 16.4. The predicted octanol–water partition coefficient (Wildman–Crippen LogP) is 6.78. The number of benzene rings is 5. The maximum Gasteiger partial charge on any atom is 0.0544 e. The number of hydrogen-bond acceptors (Lipinski definition) is 0. The Bertz CT molecular complexity index is 1440. The van der Waals surface area contributed by atoms with Crippen LogP contribution in [0.25, 0.3) is 54.1 Å². The third-order valence-corrected chi connectivity index (χ3v) is 5.36. The molecular formula is C24H15N. The monoisotopic (exact) mass is 317 g/mol. The first-order valence-corrected chi connectivity index (χ1v) is 8.63. The predicted molar refractivity (Wildman–Crippen MR) is 108 cm³/mol. The van der Waals surface area contributed by atoms with E-state index in [1.807, 2.05) is 0 Å². The van der Waals surface area contributed by atoms with Crippen molar-refractivity contribution in [1.29, 1.82) is 0 Å². The molecule has 5 aromatic carbocycles. The molecule has 0 unspecified atom stereocenters. The highest BCUT2D eigenvalue weighted by Gasteiger charge is 2.10. The van der Waals surface area contributed by atoms with Gasteiger partial charge in [0.2, 0.25) is 0 Å². The van der Waals surface area contributed by atoms with Gasteiger partial charge < -0.3 is 4.98 Å². The summed E-state index contributed by atoms with van der Waals surface area (Å²) >= 11 is 0. The first-order chi connectivity index (χ1) is 12.4. The van der Waals surface area contributed by atoms with Crippen molar-refractivity contribution in [2.45, 2.75) is 0 Å². The molecule has 0 spiro atoms. The second-order valence-electron chi connectivity index (χ2n) is 6.74. The van der Waals surface area contributed by atoms with Crippen LogP contribution >= 0.6 is 0 Å². The molecule has 6 rings (SSSR count). The summed E-state index contributed by atoms with van der Waals surface area (Å²) in [4.78, 5) is 3.66. The summed E-state index contributed by atoms with van der Waals surface area (Å²) in [7, 11) is 0. The highest BCUT2D eigenvalue weighted by Crippen LogP contribution is 2.35. The van der Waals surface area contributed by atoms with E-state index in [1.54, 1.807) is 0 Å². The van der Waals surface area contributed by atoms with Crippen molar-refractivity contribution in [3.05, 3.63) is 84.9 Å². The maximum atomic E-state index is 3.66. The third kappa shape index (κ3) is 1.72. The highest BCUT2D eigenvalue weighted by atomic mass is 14.7. The molecule has 0 saturated carbocycles. The number of fused-ring (bicyclic) bond motifs is 8. The van der Waals surface area contributed by atoms with E-state index in [0.29, 0.717) is 0 Å². The number of aromatic amines is 1. The van der Waals surface area contributed by atoms with Crippen LogP contribution in [0.3, 0.4) is 0 Å². The maximum absolute atomic E-state index is 3.66. The summed E-state index contributed by atoms with van der Waals surface area (Å²) in [6.07, 6.45) is 0. The van der Waals surface area contributed by atoms with Gasteiger partial charge in [-0.05, 0) is 39.1 Å². The highest BCUT2D eigenvalue weighted by molar-refractivity contribution is 6.21. The minimum atomic E-state index is 1.20. The summed E-state index contributed by atoms with van der Waals surface area (Å²) in [5.74, 6) is 0. The number of hydrogen-bond donors (Lipinski definition) is 1. The van der Waals surface area contributed by atoms with Gasteiger partial charge in [0.05, 0.1) is 5.52 Å². The van der Waals surface area contributed by atoms with Crippen LogP contribution in [0.5, 0.6) is 0 Å². The summed E-state index contributed by atoms with van der Waals surface area (Å²) in [5.41, 5.74) is 2.43. The fourth-order valence-electron chi connectivity index (χ4n) is 4.15. The average molecular weight is 317 g/mol. The molecule has 0 aliphatic carbocycles. The Morgan fingerprint density at radius 3 is 2.00 bits per heavy atom. The van der Waals surface area contributed by atoms with E-state index in [0.717, 1.165) is 0 Å². The smallest absolute Gasteiger partial charge is 0.0544 e. The van der Waals surface area contributed by atoms with Gasteiger partial charge in [0.25, 0.3) is 0 Å². The van der Waals surface area contributed by atoms with Crippen molar-refractivity contribution in [2.75, 3.05) is 0 Å². The van der Waals surface area contributed by atoms with Gasteiger partial charge >= 0.3 is 0 Å². The standard InChI is InChI=1S/C24H15N/c1-3-7-18-15(5-1)9-10-17-13-23-22(14-21(17)18)20-12-11-16-6-2-4-8-19(16)24(20)25-23/h1-14,25H. The van der Waals surface area contributed by atoms with Gasteiger partial charge in [0.1, 0.15) is 0 Å².